The van der Waals surface area contributed by atoms with Crippen LogP contribution in [0.5, 0.6) is 5.75 Å². The third kappa shape index (κ3) is 5.11. The van der Waals surface area contributed by atoms with Crippen molar-refractivity contribution in [3.8, 4) is 22.9 Å². The summed E-state index contributed by atoms with van der Waals surface area (Å²) in [5, 5.41) is 19.8. The minimum absolute atomic E-state index is 0.138. The number of hydrogen-bond acceptors (Lipinski definition) is 4. The van der Waals surface area contributed by atoms with Crippen LogP contribution in [0.25, 0.3) is 22.2 Å². The van der Waals surface area contributed by atoms with E-state index in [9.17, 15) is 15.2 Å². The van der Waals surface area contributed by atoms with Gasteiger partial charge in [0.25, 0.3) is 0 Å². The van der Waals surface area contributed by atoms with Crippen molar-refractivity contribution in [1.82, 2.24) is 14.9 Å². The third-order valence-electron chi connectivity index (χ3n) is 5.65. The van der Waals surface area contributed by atoms with Crippen molar-refractivity contribution in [2.45, 2.75) is 59.0 Å². The van der Waals surface area contributed by atoms with Crippen LogP contribution >= 0.6 is 0 Å². The number of carboxylic acid groups (broad SMARTS) is 1. The van der Waals surface area contributed by atoms with Gasteiger partial charge < -0.3 is 14.8 Å². The fraction of sp³-hybridized carbons (Fsp3) is 0.423. The number of carbonyl (C=O) groups is 1. The number of nitrogens with one attached hydrogen (secondary N) is 1. The van der Waals surface area contributed by atoms with Crippen LogP contribution in [-0.4, -0.2) is 43.8 Å². The molecule has 1 unspecified atom stereocenters. The van der Waals surface area contributed by atoms with Crippen molar-refractivity contribution in [3.63, 3.8) is 0 Å². The van der Waals surface area contributed by atoms with Crippen molar-refractivity contribution < 1.29 is 14.6 Å². The number of ether oxygens (including phenoxy) is 1. The van der Waals surface area contributed by atoms with E-state index < -0.39 is 17.2 Å². The van der Waals surface area contributed by atoms with Crippen LogP contribution < -0.4 is 4.74 Å². The van der Waals surface area contributed by atoms with Crippen molar-refractivity contribution in [2.24, 2.45) is 5.92 Å². The smallest absolute Gasteiger partial charge is 0.408 e. The summed E-state index contributed by atoms with van der Waals surface area (Å²) in [5.74, 6) is 0.697. The molecular formula is C26H32N4O3. The Morgan fingerprint density at radius 2 is 1.97 bits per heavy atom. The molecule has 0 spiro atoms. The highest BCUT2D eigenvalue weighted by molar-refractivity contribution is 5.91. The number of pyridine rings is 1. The number of fused-ring (bicyclic) bond motifs is 1. The summed E-state index contributed by atoms with van der Waals surface area (Å²) in [6.07, 6.45) is 3.21. The minimum Gasteiger partial charge on any atom is -0.490 e. The van der Waals surface area contributed by atoms with Gasteiger partial charge in [0.15, 0.2) is 0 Å². The zero-order valence-corrected chi connectivity index (χ0v) is 20.1. The number of benzene rings is 1. The second-order valence-corrected chi connectivity index (χ2v) is 10.1. The molecular weight excluding hydrogens is 416 g/mol. The molecule has 0 aliphatic rings. The largest absolute Gasteiger partial charge is 0.490 e. The highest BCUT2D eigenvalue weighted by Crippen LogP contribution is 2.34. The Bertz CT molecular complexity index is 1190. The topological polar surface area (TPSA) is 102 Å². The molecule has 7 heteroatoms. The maximum atomic E-state index is 12.2. The normalized spacial score (nSPS) is 13.5. The van der Waals surface area contributed by atoms with Gasteiger partial charge in [0, 0.05) is 23.5 Å². The van der Waals surface area contributed by atoms with E-state index in [-0.39, 0.29) is 12.5 Å². The first kappa shape index (κ1) is 24.1. The summed E-state index contributed by atoms with van der Waals surface area (Å²) < 4.78 is 6.14. The molecule has 0 saturated heterocycles. The monoisotopic (exact) mass is 448 g/mol. The van der Waals surface area contributed by atoms with E-state index in [4.69, 9.17) is 4.74 Å². The number of H-pyrrole nitrogens is 1. The third-order valence-corrected chi connectivity index (χ3v) is 5.65. The number of nitrogens with zero attached hydrogens (tertiary/aromatic N) is 3. The second kappa shape index (κ2) is 9.14. The molecule has 0 bridgehead atoms. The Kier molecular flexibility index (Phi) is 6.68. The summed E-state index contributed by atoms with van der Waals surface area (Å²) in [7, 11) is 0. The predicted molar refractivity (Wildman–Crippen MR) is 129 cm³/mol. The number of nitriles is 1. The molecule has 3 aromatic rings. The average molecular weight is 449 g/mol. The lowest BCUT2D eigenvalue weighted by molar-refractivity contribution is -0.0109. The Hall–Kier alpha value is -3.53. The molecule has 7 nitrogen and oxygen atoms in total. The van der Waals surface area contributed by atoms with Crippen LogP contribution in [0.3, 0.4) is 0 Å². The zero-order chi connectivity index (χ0) is 24.4. The van der Waals surface area contributed by atoms with E-state index in [1.807, 2.05) is 52.1 Å². The standard InChI is InChI=1S/C26H32N4O3/c1-17(2)14-26(6,30(24(31)32)25(3,4)5)16-33-22-8-7-18(13-19(22)15-27)20-9-11-28-21-10-12-29-23(20)21/h7-13,17,29H,14,16H2,1-6H3,(H,31,32). The Morgan fingerprint density at radius 3 is 2.58 bits per heavy atom. The molecule has 1 amide bonds. The van der Waals surface area contributed by atoms with Gasteiger partial charge in [0.05, 0.1) is 22.1 Å². The molecule has 1 aromatic carbocycles. The van der Waals surface area contributed by atoms with Crippen LogP contribution in [0.2, 0.25) is 0 Å². The lowest BCUT2D eigenvalue weighted by Gasteiger charge is -2.47. The number of amides is 1. The van der Waals surface area contributed by atoms with Gasteiger partial charge in [-0.2, -0.15) is 5.26 Å². The first-order chi connectivity index (χ1) is 15.5. The van der Waals surface area contributed by atoms with Gasteiger partial charge in [0.2, 0.25) is 0 Å². The molecule has 0 aliphatic heterocycles. The SMILES string of the molecule is CC(C)CC(C)(COc1ccc(-c2ccnc3cc[nH]c23)cc1C#N)N(C(=O)O)C(C)(C)C. The van der Waals surface area contributed by atoms with Crippen molar-refractivity contribution in [1.29, 1.82) is 5.26 Å². The lowest BCUT2D eigenvalue weighted by Crippen LogP contribution is -2.61. The first-order valence-electron chi connectivity index (χ1n) is 11.1. The van der Waals surface area contributed by atoms with Crippen LogP contribution in [0, 0.1) is 17.2 Å². The van der Waals surface area contributed by atoms with Gasteiger partial charge in [-0.3, -0.25) is 9.88 Å². The number of aromatic amines is 1. The number of rotatable bonds is 7. The maximum absolute atomic E-state index is 12.2. The van der Waals surface area contributed by atoms with Gasteiger partial charge in [-0.1, -0.05) is 19.9 Å². The second-order valence-electron chi connectivity index (χ2n) is 10.1. The van der Waals surface area contributed by atoms with Crippen LogP contribution in [0.15, 0.2) is 42.7 Å². The molecule has 2 N–H and O–H groups in total. The summed E-state index contributed by atoms with van der Waals surface area (Å²) in [4.78, 5) is 21.2. The van der Waals surface area contributed by atoms with E-state index in [1.54, 1.807) is 18.3 Å². The molecule has 1 atom stereocenters. The van der Waals surface area contributed by atoms with E-state index in [2.05, 4.69) is 29.9 Å². The van der Waals surface area contributed by atoms with Gasteiger partial charge in [-0.25, -0.2) is 4.79 Å². The highest BCUT2D eigenvalue weighted by Gasteiger charge is 2.43. The van der Waals surface area contributed by atoms with Crippen molar-refractivity contribution in [3.05, 3.63) is 48.3 Å². The lowest BCUT2D eigenvalue weighted by atomic mass is 9.86. The maximum Gasteiger partial charge on any atom is 0.408 e. The Labute approximate surface area is 195 Å². The first-order valence-corrected chi connectivity index (χ1v) is 11.1. The van der Waals surface area contributed by atoms with Crippen LogP contribution in [0.1, 0.15) is 53.5 Å². The molecule has 2 heterocycles. The molecule has 0 radical (unpaired) electrons. The predicted octanol–water partition coefficient (Wildman–Crippen LogP) is 6.06. The quantitative estimate of drug-likeness (QED) is 0.457. The van der Waals surface area contributed by atoms with E-state index in [1.165, 1.54) is 4.90 Å². The molecule has 0 fully saturated rings. The minimum atomic E-state index is -0.988. The molecule has 33 heavy (non-hydrogen) atoms. The Morgan fingerprint density at radius 1 is 1.24 bits per heavy atom. The Balaban J connectivity index is 1.94. The molecule has 3 rings (SSSR count). The van der Waals surface area contributed by atoms with Gasteiger partial charge in [0.1, 0.15) is 18.4 Å². The van der Waals surface area contributed by atoms with E-state index in [0.29, 0.717) is 17.7 Å². The van der Waals surface area contributed by atoms with E-state index >= 15 is 0 Å². The summed E-state index contributed by atoms with van der Waals surface area (Å²) in [6.45, 7) is 11.8. The number of aromatic nitrogens is 2. The highest BCUT2D eigenvalue weighted by atomic mass is 16.5. The molecule has 2 aromatic heterocycles. The average Bonchev–Trinajstić information content (AvgIpc) is 3.19. The summed E-state index contributed by atoms with van der Waals surface area (Å²) in [6, 6.07) is 11.5. The zero-order valence-electron chi connectivity index (χ0n) is 20.1. The number of hydrogen-bond donors (Lipinski definition) is 2. The summed E-state index contributed by atoms with van der Waals surface area (Å²) in [5.41, 5.74) is 2.60. The molecule has 174 valence electrons. The van der Waals surface area contributed by atoms with Gasteiger partial charge >= 0.3 is 6.09 Å². The van der Waals surface area contributed by atoms with E-state index in [0.717, 1.165) is 22.2 Å². The van der Waals surface area contributed by atoms with Crippen LogP contribution in [-0.2, 0) is 0 Å². The van der Waals surface area contributed by atoms with Crippen LogP contribution in [0.4, 0.5) is 4.79 Å². The molecule has 0 saturated carbocycles. The fourth-order valence-electron chi connectivity index (χ4n) is 4.77. The summed E-state index contributed by atoms with van der Waals surface area (Å²) >= 11 is 0. The van der Waals surface area contributed by atoms with Crippen molar-refractivity contribution in [2.75, 3.05) is 6.61 Å². The van der Waals surface area contributed by atoms with Gasteiger partial charge in [-0.05, 0) is 69.9 Å². The fourth-order valence-corrected chi connectivity index (χ4v) is 4.77. The van der Waals surface area contributed by atoms with Gasteiger partial charge in [-0.15, -0.1) is 0 Å². The molecule has 0 aliphatic carbocycles. The van der Waals surface area contributed by atoms with Crippen molar-refractivity contribution >= 4 is 17.1 Å².